The van der Waals surface area contributed by atoms with E-state index < -0.39 is 0 Å². The first-order valence-corrected chi connectivity index (χ1v) is 5.86. The minimum absolute atomic E-state index is 0.169. The standard InChI is InChI=1S/C13H20N2O/c1-13(2,3)10-4-5-12(14-8-10)15-11-6-7-16-9-11/h4-5,8,11H,6-7,9H2,1-3H3,(H,14,15). The fraction of sp³-hybridized carbons (Fsp3) is 0.615. The summed E-state index contributed by atoms with van der Waals surface area (Å²) < 4.78 is 5.32. The highest BCUT2D eigenvalue weighted by Gasteiger charge is 2.17. The number of rotatable bonds is 2. The molecule has 3 nitrogen and oxygen atoms in total. The second-order valence-corrected chi connectivity index (χ2v) is 5.39. The van der Waals surface area contributed by atoms with Gasteiger partial charge < -0.3 is 10.1 Å². The third-order valence-electron chi connectivity index (χ3n) is 2.91. The smallest absolute Gasteiger partial charge is 0.126 e. The van der Waals surface area contributed by atoms with Crippen molar-refractivity contribution < 1.29 is 4.74 Å². The highest BCUT2D eigenvalue weighted by molar-refractivity contribution is 5.38. The van der Waals surface area contributed by atoms with E-state index in [4.69, 9.17) is 4.74 Å². The van der Waals surface area contributed by atoms with Crippen LogP contribution in [0, 0.1) is 0 Å². The van der Waals surface area contributed by atoms with E-state index in [9.17, 15) is 0 Å². The van der Waals surface area contributed by atoms with E-state index in [0.29, 0.717) is 6.04 Å². The van der Waals surface area contributed by atoms with Crippen molar-refractivity contribution >= 4 is 5.82 Å². The zero-order valence-corrected chi connectivity index (χ0v) is 10.3. The van der Waals surface area contributed by atoms with Gasteiger partial charge in [0.15, 0.2) is 0 Å². The van der Waals surface area contributed by atoms with Gasteiger partial charge in [-0.3, -0.25) is 0 Å². The molecule has 1 aromatic rings. The van der Waals surface area contributed by atoms with Gasteiger partial charge in [-0.2, -0.15) is 0 Å². The van der Waals surface area contributed by atoms with E-state index in [0.717, 1.165) is 25.5 Å². The molecule has 1 unspecified atom stereocenters. The van der Waals surface area contributed by atoms with Crippen LogP contribution in [0.4, 0.5) is 5.82 Å². The number of nitrogens with one attached hydrogen (secondary N) is 1. The molecule has 0 radical (unpaired) electrons. The Labute approximate surface area is 97.2 Å². The van der Waals surface area contributed by atoms with E-state index >= 15 is 0 Å². The summed E-state index contributed by atoms with van der Waals surface area (Å²) in [6.45, 7) is 8.24. The highest BCUT2D eigenvalue weighted by atomic mass is 16.5. The van der Waals surface area contributed by atoms with Crippen molar-refractivity contribution in [3.8, 4) is 0 Å². The van der Waals surface area contributed by atoms with E-state index in [1.807, 2.05) is 6.20 Å². The molecule has 1 aliphatic rings. The molecule has 1 atom stereocenters. The van der Waals surface area contributed by atoms with Gasteiger partial charge in [0, 0.05) is 12.8 Å². The van der Waals surface area contributed by atoms with Gasteiger partial charge in [0.05, 0.1) is 12.6 Å². The summed E-state index contributed by atoms with van der Waals surface area (Å²) >= 11 is 0. The van der Waals surface area contributed by atoms with Gasteiger partial charge in [0.1, 0.15) is 5.82 Å². The normalized spacial score (nSPS) is 21.1. The van der Waals surface area contributed by atoms with Crippen LogP contribution in [-0.4, -0.2) is 24.2 Å². The van der Waals surface area contributed by atoms with Crippen LogP contribution in [0.2, 0.25) is 0 Å². The van der Waals surface area contributed by atoms with E-state index in [1.165, 1.54) is 5.56 Å². The molecule has 0 aromatic carbocycles. The number of aromatic nitrogens is 1. The van der Waals surface area contributed by atoms with Crippen LogP contribution in [0.15, 0.2) is 18.3 Å². The number of hydrogen-bond acceptors (Lipinski definition) is 3. The Kier molecular flexibility index (Phi) is 3.15. The lowest BCUT2D eigenvalue weighted by atomic mass is 9.88. The van der Waals surface area contributed by atoms with Crippen molar-refractivity contribution in [3.05, 3.63) is 23.9 Å². The maximum atomic E-state index is 5.32. The topological polar surface area (TPSA) is 34.1 Å². The van der Waals surface area contributed by atoms with E-state index in [2.05, 4.69) is 43.2 Å². The molecule has 3 heteroatoms. The Balaban J connectivity index is 2.01. The Morgan fingerprint density at radius 3 is 2.69 bits per heavy atom. The second-order valence-electron chi connectivity index (χ2n) is 5.39. The summed E-state index contributed by atoms with van der Waals surface area (Å²) in [5.74, 6) is 0.948. The van der Waals surface area contributed by atoms with Crippen LogP contribution in [-0.2, 0) is 10.2 Å². The summed E-state index contributed by atoms with van der Waals surface area (Å²) in [6, 6.07) is 4.62. The van der Waals surface area contributed by atoms with Gasteiger partial charge in [0.25, 0.3) is 0 Å². The molecule has 16 heavy (non-hydrogen) atoms. The molecular weight excluding hydrogens is 200 g/mol. The molecule has 2 rings (SSSR count). The predicted molar refractivity (Wildman–Crippen MR) is 65.8 cm³/mol. The van der Waals surface area contributed by atoms with Crippen molar-refractivity contribution in [2.75, 3.05) is 18.5 Å². The van der Waals surface area contributed by atoms with Gasteiger partial charge >= 0.3 is 0 Å². The average molecular weight is 220 g/mol. The van der Waals surface area contributed by atoms with Crippen LogP contribution in [0.3, 0.4) is 0 Å². The zero-order valence-electron chi connectivity index (χ0n) is 10.3. The molecule has 0 amide bonds. The first-order valence-electron chi connectivity index (χ1n) is 5.86. The van der Waals surface area contributed by atoms with Gasteiger partial charge in [-0.05, 0) is 23.5 Å². The molecule has 1 saturated heterocycles. The Bertz CT molecular complexity index is 334. The number of ether oxygens (including phenoxy) is 1. The number of hydrogen-bond donors (Lipinski definition) is 1. The van der Waals surface area contributed by atoms with Crippen molar-refractivity contribution in [1.29, 1.82) is 0 Å². The Morgan fingerprint density at radius 2 is 2.19 bits per heavy atom. The van der Waals surface area contributed by atoms with Crippen molar-refractivity contribution in [3.63, 3.8) is 0 Å². The van der Waals surface area contributed by atoms with Crippen LogP contribution < -0.4 is 5.32 Å². The molecule has 1 fully saturated rings. The molecule has 0 spiro atoms. The first kappa shape index (κ1) is 11.4. The number of anilines is 1. The van der Waals surface area contributed by atoms with Crippen LogP contribution in [0.5, 0.6) is 0 Å². The molecule has 88 valence electrons. The highest BCUT2D eigenvalue weighted by Crippen LogP contribution is 2.22. The summed E-state index contributed by atoms with van der Waals surface area (Å²) in [7, 11) is 0. The van der Waals surface area contributed by atoms with Gasteiger partial charge in [-0.25, -0.2) is 4.98 Å². The maximum absolute atomic E-state index is 5.32. The van der Waals surface area contributed by atoms with Crippen LogP contribution in [0.1, 0.15) is 32.8 Å². The summed E-state index contributed by atoms with van der Waals surface area (Å²) in [5.41, 5.74) is 1.43. The zero-order chi connectivity index (χ0) is 11.6. The van der Waals surface area contributed by atoms with Crippen LogP contribution >= 0.6 is 0 Å². The quantitative estimate of drug-likeness (QED) is 0.831. The SMILES string of the molecule is CC(C)(C)c1ccc(NC2CCOC2)nc1. The second kappa shape index (κ2) is 4.42. The lowest BCUT2D eigenvalue weighted by Crippen LogP contribution is -2.20. The first-order chi connectivity index (χ1) is 7.55. The van der Waals surface area contributed by atoms with Gasteiger partial charge in [-0.15, -0.1) is 0 Å². The monoisotopic (exact) mass is 220 g/mol. The molecule has 1 aliphatic heterocycles. The van der Waals surface area contributed by atoms with Crippen molar-refractivity contribution in [2.45, 2.75) is 38.6 Å². The minimum atomic E-state index is 0.169. The fourth-order valence-electron chi connectivity index (χ4n) is 1.78. The van der Waals surface area contributed by atoms with Crippen molar-refractivity contribution in [2.24, 2.45) is 0 Å². The molecule has 0 saturated carbocycles. The Hall–Kier alpha value is -1.09. The maximum Gasteiger partial charge on any atom is 0.126 e. The molecule has 0 aliphatic carbocycles. The molecule has 2 heterocycles. The summed E-state index contributed by atoms with van der Waals surface area (Å²) in [4.78, 5) is 4.44. The molecule has 1 N–H and O–H groups in total. The third kappa shape index (κ3) is 2.73. The van der Waals surface area contributed by atoms with Gasteiger partial charge in [0.2, 0.25) is 0 Å². The number of nitrogens with zero attached hydrogens (tertiary/aromatic N) is 1. The third-order valence-corrected chi connectivity index (χ3v) is 2.91. The Morgan fingerprint density at radius 1 is 1.38 bits per heavy atom. The van der Waals surface area contributed by atoms with Gasteiger partial charge in [-0.1, -0.05) is 26.8 Å². The largest absolute Gasteiger partial charge is 0.379 e. The van der Waals surface area contributed by atoms with Crippen LogP contribution in [0.25, 0.3) is 0 Å². The van der Waals surface area contributed by atoms with E-state index in [1.54, 1.807) is 0 Å². The molecule has 0 bridgehead atoms. The lowest BCUT2D eigenvalue weighted by Gasteiger charge is -2.19. The number of pyridine rings is 1. The summed E-state index contributed by atoms with van der Waals surface area (Å²) in [5, 5.41) is 3.38. The molecule has 1 aromatic heterocycles. The minimum Gasteiger partial charge on any atom is -0.379 e. The summed E-state index contributed by atoms with van der Waals surface area (Å²) in [6.07, 6.45) is 3.03. The van der Waals surface area contributed by atoms with Crippen molar-refractivity contribution in [1.82, 2.24) is 4.98 Å². The average Bonchev–Trinajstić information content (AvgIpc) is 2.70. The predicted octanol–water partition coefficient (Wildman–Crippen LogP) is 2.58. The van der Waals surface area contributed by atoms with E-state index in [-0.39, 0.29) is 5.41 Å². The molecular formula is C13H20N2O. The fourth-order valence-corrected chi connectivity index (χ4v) is 1.78. The lowest BCUT2D eigenvalue weighted by molar-refractivity contribution is 0.195.